The Labute approximate surface area is 94.2 Å². The van der Waals surface area contributed by atoms with Gasteiger partial charge in [0.2, 0.25) is 0 Å². The number of nitrogens with zero attached hydrogens (tertiary/aromatic N) is 1. The van der Waals surface area contributed by atoms with Gasteiger partial charge < -0.3 is 10.1 Å². The van der Waals surface area contributed by atoms with E-state index < -0.39 is 0 Å². The summed E-state index contributed by atoms with van der Waals surface area (Å²) in [6, 6.07) is 0.567. The van der Waals surface area contributed by atoms with Crippen molar-refractivity contribution in [3.8, 4) is 0 Å². The van der Waals surface area contributed by atoms with Crippen molar-refractivity contribution in [1.82, 2.24) is 10.2 Å². The van der Waals surface area contributed by atoms with E-state index in [4.69, 9.17) is 4.74 Å². The highest BCUT2D eigenvalue weighted by Gasteiger charge is 2.24. The second-order valence-electron chi connectivity index (χ2n) is 5.07. The van der Waals surface area contributed by atoms with E-state index in [1.807, 2.05) is 0 Å². The molecule has 1 rings (SSSR count). The average Bonchev–Trinajstić information content (AvgIpc) is 2.38. The van der Waals surface area contributed by atoms with Crippen LogP contribution in [0.4, 0.5) is 0 Å². The Hall–Kier alpha value is -0.120. The zero-order valence-electron chi connectivity index (χ0n) is 10.6. The summed E-state index contributed by atoms with van der Waals surface area (Å²) < 4.78 is 5.33. The summed E-state index contributed by atoms with van der Waals surface area (Å²) in [5.41, 5.74) is 0. The molecule has 0 aliphatic carbocycles. The Kier molecular flexibility index (Phi) is 5.58. The SMILES string of the molecule is COCC(C(C)C)N1CCNCC(C)C1. The minimum absolute atomic E-state index is 0.567. The van der Waals surface area contributed by atoms with Crippen molar-refractivity contribution in [1.29, 1.82) is 0 Å². The topological polar surface area (TPSA) is 24.5 Å². The fourth-order valence-electron chi connectivity index (χ4n) is 2.32. The molecule has 0 aromatic heterocycles. The summed E-state index contributed by atoms with van der Waals surface area (Å²) in [5.74, 6) is 1.40. The summed E-state index contributed by atoms with van der Waals surface area (Å²) in [6.45, 7) is 12.3. The minimum atomic E-state index is 0.567. The molecule has 2 unspecified atom stereocenters. The van der Waals surface area contributed by atoms with Crippen molar-refractivity contribution in [3.63, 3.8) is 0 Å². The van der Waals surface area contributed by atoms with Crippen LogP contribution in [0, 0.1) is 11.8 Å². The predicted octanol–water partition coefficient (Wildman–Crippen LogP) is 1.20. The van der Waals surface area contributed by atoms with Crippen molar-refractivity contribution >= 4 is 0 Å². The fraction of sp³-hybridized carbons (Fsp3) is 1.00. The van der Waals surface area contributed by atoms with E-state index in [0.29, 0.717) is 12.0 Å². The van der Waals surface area contributed by atoms with E-state index >= 15 is 0 Å². The molecule has 0 aromatic carbocycles. The van der Waals surface area contributed by atoms with E-state index in [9.17, 15) is 0 Å². The lowest BCUT2D eigenvalue weighted by Gasteiger charge is -2.33. The third kappa shape index (κ3) is 4.09. The quantitative estimate of drug-likeness (QED) is 0.761. The maximum atomic E-state index is 5.33. The standard InChI is InChI=1S/C12H26N2O/c1-10(2)12(9-15-4)14-6-5-13-7-11(3)8-14/h10-13H,5-9H2,1-4H3. The van der Waals surface area contributed by atoms with Crippen LogP contribution in [0.25, 0.3) is 0 Å². The second-order valence-corrected chi connectivity index (χ2v) is 5.07. The Balaban J connectivity index is 2.55. The zero-order chi connectivity index (χ0) is 11.3. The van der Waals surface area contributed by atoms with E-state index in [2.05, 4.69) is 31.0 Å². The van der Waals surface area contributed by atoms with Crippen LogP contribution in [0.5, 0.6) is 0 Å². The predicted molar refractivity (Wildman–Crippen MR) is 64.1 cm³/mol. The van der Waals surface area contributed by atoms with Gasteiger partial charge in [0.25, 0.3) is 0 Å². The second kappa shape index (κ2) is 6.46. The molecule has 1 N–H and O–H groups in total. The van der Waals surface area contributed by atoms with Gasteiger partial charge in [0.1, 0.15) is 0 Å². The number of hydrogen-bond acceptors (Lipinski definition) is 3. The average molecular weight is 214 g/mol. The molecule has 15 heavy (non-hydrogen) atoms. The van der Waals surface area contributed by atoms with Gasteiger partial charge in [0, 0.05) is 32.8 Å². The molecule has 1 heterocycles. The number of nitrogens with one attached hydrogen (secondary N) is 1. The molecule has 1 aliphatic heterocycles. The molecule has 0 spiro atoms. The van der Waals surface area contributed by atoms with Gasteiger partial charge in [-0.3, -0.25) is 4.90 Å². The molecule has 1 aliphatic rings. The number of hydrogen-bond donors (Lipinski definition) is 1. The summed E-state index contributed by atoms with van der Waals surface area (Å²) in [7, 11) is 1.80. The maximum absolute atomic E-state index is 5.33. The van der Waals surface area contributed by atoms with Crippen molar-refractivity contribution < 1.29 is 4.74 Å². The summed E-state index contributed by atoms with van der Waals surface area (Å²) in [4.78, 5) is 2.58. The highest BCUT2D eigenvalue weighted by molar-refractivity contribution is 4.79. The Morgan fingerprint density at radius 2 is 2.20 bits per heavy atom. The third-order valence-corrected chi connectivity index (χ3v) is 3.19. The zero-order valence-corrected chi connectivity index (χ0v) is 10.6. The van der Waals surface area contributed by atoms with E-state index in [1.54, 1.807) is 7.11 Å². The van der Waals surface area contributed by atoms with Crippen LogP contribution in [0.3, 0.4) is 0 Å². The lowest BCUT2D eigenvalue weighted by molar-refractivity contribution is 0.0623. The smallest absolute Gasteiger partial charge is 0.0620 e. The molecular formula is C12H26N2O. The van der Waals surface area contributed by atoms with Crippen molar-refractivity contribution in [2.45, 2.75) is 26.8 Å². The molecule has 0 bridgehead atoms. The van der Waals surface area contributed by atoms with Crippen molar-refractivity contribution in [3.05, 3.63) is 0 Å². The Bertz CT molecular complexity index is 173. The monoisotopic (exact) mass is 214 g/mol. The first-order valence-corrected chi connectivity index (χ1v) is 6.08. The van der Waals surface area contributed by atoms with Gasteiger partial charge in [-0.25, -0.2) is 0 Å². The summed E-state index contributed by atoms with van der Waals surface area (Å²) in [6.07, 6.45) is 0. The molecule has 0 amide bonds. The van der Waals surface area contributed by atoms with Crippen LogP contribution < -0.4 is 5.32 Å². The number of ether oxygens (including phenoxy) is 1. The van der Waals surface area contributed by atoms with Gasteiger partial charge in [0.05, 0.1) is 6.61 Å². The molecule has 1 saturated heterocycles. The number of rotatable bonds is 4. The van der Waals surface area contributed by atoms with Crippen LogP contribution in [-0.4, -0.2) is 50.8 Å². The van der Waals surface area contributed by atoms with Gasteiger partial charge in [-0.2, -0.15) is 0 Å². The fourth-order valence-corrected chi connectivity index (χ4v) is 2.32. The molecule has 2 atom stereocenters. The van der Waals surface area contributed by atoms with Crippen LogP contribution in [0.2, 0.25) is 0 Å². The Morgan fingerprint density at radius 1 is 1.47 bits per heavy atom. The van der Waals surface area contributed by atoms with Crippen LogP contribution in [-0.2, 0) is 4.74 Å². The van der Waals surface area contributed by atoms with Crippen LogP contribution in [0.1, 0.15) is 20.8 Å². The first-order valence-electron chi connectivity index (χ1n) is 6.08. The third-order valence-electron chi connectivity index (χ3n) is 3.19. The molecule has 0 radical (unpaired) electrons. The van der Waals surface area contributed by atoms with Crippen LogP contribution in [0.15, 0.2) is 0 Å². The molecule has 1 fully saturated rings. The molecule has 0 saturated carbocycles. The largest absolute Gasteiger partial charge is 0.383 e. The van der Waals surface area contributed by atoms with E-state index in [0.717, 1.165) is 32.2 Å². The minimum Gasteiger partial charge on any atom is -0.383 e. The van der Waals surface area contributed by atoms with Gasteiger partial charge in [-0.1, -0.05) is 20.8 Å². The molecule has 90 valence electrons. The van der Waals surface area contributed by atoms with E-state index in [1.165, 1.54) is 6.54 Å². The highest BCUT2D eigenvalue weighted by Crippen LogP contribution is 2.14. The van der Waals surface area contributed by atoms with Crippen LogP contribution >= 0.6 is 0 Å². The van der Waals surface area contributed by atoms with Crippen molar-refractivity contribution in [2.75, 3.05) is 39.9 Å². The van der Waals surface area contributed by atoms with Gasteiger partial charge >= 0.3 is 0 Å². The lowest BCUT2D eigenvalue weighted by atomic mass is 10.0. The van der Waals surface area contributed by atoms with Gasteiger partial charge in [0.15, 0.2) is 0 Å². The summed E-state index contributed by atoms with van der Waals surface area (Å²) in [5, 5.41) is 3.48. The van der Waals surface area contributed by atoms with Gasteiger partial charge in [-0.15, -0.1) is 0 Å². The summed E-state index contributed by atoms with van der Waals surface area (Å²) >= 11 is 0. The van der Waals surface area contributed by atoms with E-state index in [-0.39, 0.29) is 0 Å². The number of methoxy groups -OCH3 is 1. The maximum Gasteiger partial charge on any atom is 0.0620 e. The first kappa shape index (κ1) is 12.9. The molecular weight excluding hydrogens is 188 g/mol. The first-order chi connectivity index (χ1) is 7.15. The molecule has 3 nitrogen and oxygen atoms in total. The molecule has 0 aromatic rings. The van der Waals surface area contributed by atoms with Gasteiger partial charge in [-0.05, 0) is 18.4 Å². The van der Waals surface area contributed by atoms with Crippen molar-refractivity contribution in [2.24, 2.45) is 11.8 Å². The normalized spacial score (nSPS) is 26.6. The highest BCUT2D eigenvalue weighted by atomic mass is 16.5. The Morgan fingerprint density at radius 3 is 2.80 bits per heavy atom. The molecule has 3 heteroatoms. The lowest BCUT2D eigenvalue weighted by Crippen LogP contribution is -2.44.